The van der Waals surface area contributed by atoms with Gasteiger partial charge in [-0.05, 0) is 32.3 Å². The van der Waals surface area contributed by atoms with E-state index in [2.05, 4.69) is 15.2 Å². The maximum absolute atomic E-state index is 13.1. The van der Waals surface area contributed by atoms with Crippen LogP contribution in [0.5, 0.6) is 0 Å². The fourth-order valence-corrected chi connectivity index (χ4v) is 3.68. The van der Waals surface area contributed by atoms with Crippen LogP contribution in [0.2, 0.25) is 0 Å². The van der Waals surface area contributed by atoms with Crippen LogP contribution in [-0.4, -0.2) is 56.8 Å². The summed E-state index contributed by atoms with van der Waals surface area (Å²) in [5.74, 6) is 1.07. The van der Waals surface area contributed by atoms with Gasteiger partial charge in [0.1, 0.15) is 11.3 Å². The van der Waals surface area contributed by atoms with E-state index in [0.29, 0.717) is 0 Å². The van der Waals surface area contributed by atoms with Gasteiger partial charge >= 0.3 is 0 Å². The molecule has 128 valence electrons. The molecule has 2 aliphatic heterocycles. The topological polar surface area (TPSA) is 67.4 Å². The number of aryl methyl sites for hydroxylation is 1. The van der Waals surface area contributed by atoms with Crippen LogP contribution in [0.15, 0.2) is 29.0 Å². The molecule has 2 aliphatic rings. The summed E-state index contributed by atoms with van der Waals surface area (Å²) < 4.78 is 7.03. The molecule has 2 fully saturated rings. The molecule has 4 rings (SSSR count). The molecule has 2 saturated heterocycles. The third kappa shape index (κ3) is 2.62. The van der Waals surface area contributed by atoms with Gasteiger partial charge in [-0.1, -0.05) is 5.16 Å². The number of likely N-dealkylation sites (tertiary alicyclic amines) is 2. The van der Waals surface area contributed by atoms with Crippen molar-refractivity contribution in [3.8, 4) is 0 Å². The van der Waals surface area contributed by atoms with Gasteiger partial charge in [-0.3, -0.25) is 14.4 Å². The number of piperidine rings is 1. The summed E-state index contributed by atoms with van der Waals surface area (Å²) in [5.41, 5.74) is 0.424. The highest BCUT2D eigenvalue weighted by Gasteiger charge is 2.46. The lowest BCUT2D eigenvalue weighted by Crippen LogP contribution is -2.59. The summed E-state index contributed by atoms with van der Waals surface area (Å²) in [4.78, 5) is 17.4. The number of nitrogens with zero attached hydrogens (tertiary/aromatic N) is 5. The summed E-state index contributed by atoms with van der Waals surface area (Å²) in [7, 11) is 0. The molecule has 4 heterocycles. The SMILES string of the molecule is Cc1cc(CN2CCC(C(=O)N3CCC3)(n3cccn3)CC2)no1. The molecule has 0 N–H and O–H groups in total. The zero-order valence-electron chi connectivity index (χ0n) is 14.0. The standard InChI is InChI=1S/C17H23N5O2/c1-14-12-15(19-24-14)13-20-10-4-17(5-11-20,22-9-2-6-18-22)16(23)21-7-3-8-21/h2,6,9,12H,3-5,7-8,10-11,13H2,1H3. The summed E-state index contributed by atoms with van der Waals surface area (Å²) in [6.45, 7) is 6.13. The van der Waals surface area contributed by atoms with E-state index in [-0.39, 0.29) is 5.91 Å². The molecule has 1 amide bonds. The number of carbonyl (C=O) groups is 1. The van der Waals surface area contributed by atoms with Crippen LogP contribution in [0.3, 0.4) is 0 Å². The molecule has 0 aliphatic carbocycles. The predicted molar refractivity (Wildman–Crippen MR) is 87.1 cm³/mol. The van der Waals surface area contributed by atoms with Crippen molar-refractivity contribution in [3.63, 3.8) is 0 Å². The summed E-state index contributed by atoms with van der Waals surface area (Å²) in [5, 5.41) is 8.48. The third-order valence-electron chi connectivity index (χ3n) is 5.23. The Hall–Kier alpha value is -2.15. The second-order valence-corrected chi connectivity index (χ2v) is 6.83. The van der Waals surface area contributed by atoms with Gasteiger partial charge in [0, 0.05) is 51.2 Å². The number of amides is 1. The minimum atomic E-state index is -0.528. The van der Waals surface area contributed by atoms with Gasteiger partial charge in [0.2, 0.25) is 0 Å². The van der Waals surface area contributed by atoms with Crippen LogP contribution in [0, 0.1) is 6.92 Å². The zero-order chi connectivity index (χ0) is 16.6. The number of rotatable bonds is 4. The smallest absolute Gasteiger partial charge is 0.250 e. The molecule has 0 atom stereocenters. The number of carbonyl (C=O) groups excluding carboxylic acids is 1. The van der Waals surface area contributed by atoms with Gasteiger partial charge in [0.15, 0.2) is 0 Å². The first-order valence-corrected chi connectivity index (χ1v) is 8.61. The van der Waals surface area contributed by atoms with E-state index >= 15 is 0 Å². The maximum atomic E-state index is 13.1. The first kappa shape index (κ1) is 15.4. The average Bonchev–Trinajstić information content (AvgIpc) is 3.18. The van der Waals surface area contributed by atoms with E-state index in [1.54, 1.807) is 6.20 Å². The number of hydrogen-bond donors (Lipinski definition) is 0. The molecule has 0 saturated carbocycles. The van der Waals surface area contributed by atoms with E-state index in [0.717, 1.165) is 63.4 Å². The highest BCUT2D eigenvalue weighted by atomic mass is 16.5. The quantitative estimate of drug-likeness (QED) is 0.848. The van der Waals surface area contributed by atoms with Crippen molar-refractivity contribution < 1.29 is 9.32 Å². The summed E-state index contributed by atoms with van der Waals surface area (Å²) in [6, 6.07) is 3.87. The monoisotopic (exact) mass is 329 g/mol. The minimum absolute atomic E-state index is 0.231. The second kappa shape index (κ2) is 6.05. The van der Waals surface area contributed by atoms with Crippen molar-refractivity contribution in [2.45, 2.75) is 38.3 Å². The van der Waals surface area contributed by atoms with E-state index in [4.69, 9.17) is 4.52 Å². The minimum Gasteiger partial charge on any atom is -0.361 e. The molecule has 7 nitrogen and oxygen atoms in total. The Labute approximate surface area is 141 Å². The molecule has 2 aromatic rings. The Kier molecular flexibility index (Phi) is 3.88. The van der Waals surface area contributed by atoms with E-state index < -0.39 is 5.54 Å². The van der Waals surface area contributed by atoms with Crippen LogP contribution < -0.4 is 0 Å². The maximum Gasteiger partial charge on any atom is 0.250 e. The summed E-state index contributed by atoms with van der Waals surface area (Å²) >= 11 is 0. The zero-order valence-corrected chi connectivity index (χ0v) is 14.0. The fraction of sp³-hybridized carbons (Fsp3) is 0.588. The molecule has 2 aromatic heterocycles. The molecular weight excluding hydrogens is 306 g/mol. The average molecular weight is 329 g/mol. The Morgan fingerprint density at radius 3 is 2.62 bits per heavy atom. The lowest BCUT2D eigenvalue weighted by Gasteiger charge is -2.45. The van der Waals surface area contributed by atoms with Gasteiger partial charge in [0.25, 0.3) is 5.91 Å². The van der Waals surface area contributed by atoms with Crippen molar-refractivity contribution >= 4 is 5.91 Å². The highest BCUT2D eigenvalue weighted by molar-refractivity contribution is 5.85. The van der Waals surface area contributed by atoms with Crippen molar-refractivity contribution in [1.82, 2.24) is 24.7 Å². The van der Waals surface area contributed by atoms with Crippen LogP contribution in [0.4, 0.5) is 0 Å². The van der Waals surface area contributed by atoms with Crippen LogP contribution in [0.25, 0.3) is 0 Å². The van der Waals surface area contributed by atoms with Crippen molar-refractivity contribution in [1.29, 1.82) is 0 Å². The second-order valence-electron chi connectivity index (χ2n) is 6.83. The molecule has 0 bridgehead atoms. The fourth-order valence-electron chi connectivity index (χ4n) is 3.68. The lowest BCUT2D eigenvalue weighted by atomic mass is 9.85. The Balaban J connectivity index is 1.49. The van der Waals surface area contributed by atoms with Gasteiger partial charge in [-0.25, -0.2) is 0 Å². The van der Waals surface area contributed by atoms with Crippen molar-refractivity contribution in [3.05, 3.63) is 36.0 Å². The number of hydrogen-bond acceptors (Lipinski definition) is 5. The van der Waals surface area contributed by atoms with Crippen molar-refractivity contribution in [2.24, 2.45) is 0 Å². The van der Waals surface area contributed by atoms with Gasteiger partial charge in [-0.2, -0.15) is 5.10 Å². The van der Waals surface area contributed by atoms with Gasteiger partial charge < -0.3 is 9.42 Å². The van der Waals surface area contributed by atoms with Gasteiger partial charge in [0.05, 0.1) is 5.69 Å². The molecule has 24 heavy (non-hydrogen) atoms. The summed E-state index contributed by atoms with van der Waals surface area (Å²) in [6.07, 6.45) is 6.35. The highest BCUT2D eigenvalue weighted by Crippen LogP contribution is 2.33. The van der Waals surface area contributed by atoms with Crippen molar-refractivity contribution in [2.75, 3.05) is 26.2 Å². The normalized spacial score (nSPS) is 20.8. The molecular formula is C17H23N5O2. The lowest BCUT2D eigenvalue weighted by molar-refractivity contribution is -0.148. The Morgan fingerprint density at radius 2 is 2.08 bits per heavy atom. The Morgan fingerprint density at radius 1 is 1.29 bits per heavy atom. The van der Waals surface area contributed by atoms with Crippen LogP contribution in [0.1, 0.15) is 30.7 Å². The van der Waals surface area contributed by atoms with Gasteiger partial charge in [-0.15, -0.1) is 0 Å². The largest absolute Gasteiger partial charge is 0.361 e. The molecule has 0 aromatic carbocycles. The van der Waals surface area contributed by atoms with Crippen LogP contribution >= 0.6 is 0 Å². The predicted octanol–water partition coefficient (Wildman–Crippen LogP) is 1.40. The van der Waals surface area contributed by atoms with E-state index in [1.807, 2.05) is 34.8 Å². The molecule has 0 unspecified atom stereocenters. The Bertz CT molecular complexity index is 696. The molecule has 0 spiro atoms. The third-order valence-corrected chi connectivity index (χ3v) is 5.23. The van der Waals surface area contributed by atoms with Crippen LogP contribution in [-0.2, 0) is 16.9 Å². The number of aromatic nitrogens is 3. The first-order chi connectivity index (χ1) is 11.7. The first-order valence-electron chi connectivity index (χ1n) is 8.61. The molecule has 7 heteroatoms. The van der Waals surface area contributed by atoms with E-state index in [9.17, 15) is 4.79 Å². The molecule has 0 radical (unpaired) electrons. The van der Waals surface area contributed by atoms with E-state index in [1.165, 1.54) is 0 Å².